The first-order valence-corrected chi connectivity index (χ1v) is 5.96. The van der Waals surface area contributed by atoms with Crippen molar-refractivity contribution in [3.63, 3.8) is 0 Å². The third-order valence-electron chi connectivity index (χ3n) is 3.23. The summed E-state index contributed by atoms with van der Waals surface area (Å²) in [7, 11) is 1.67. The topological polar surface area (TPSA) is 29.5 Å². The van der Waals surface area contributed by atoms with E-state index in [0.717, 1.165) is 29.3 Å². The highest BCUT2D eigenvalue weighted by molar-refractivity contribution is 9.10. The Kier molecular flexibility index (Phi) is 3.14. The lowest BCUT2D eigenvalue weighted by atomic mass is 9.79. The van der Waals surface area contributed by atoms with Gasteiger partial charge in [-0.15, -0.1) is 0 Å². The third kappa shape index (κ3) is 1.84. The maximum absolute atomic E-state index is 9.52. The van der Waals surface area contributed by atoms with Gasteiger partial charge >= 0.3 is 0 Å². The maximum atomic E-state index is 9.52. The van der Waals surface area contributed by atoms with Crippen molar-refractivity contribution in [1.29, 1.82) is 0 Å². The van der Waals surface area contributed by atoms with Crippen LogP contribution in [-0.4, -0.2) is 18.8 Å². The van der Waals surface area contributed by atoms with Gasteiger partial charge in [-0.05, 0) is 42.5 Å². The molecule has 1 aromatic rings. The molecule has 15 heavy (non-hydrogen) atoms. The molecule has 0 spiro atoms. The first kappa shape index (κ1) is 11.1. The van der Waals surface area contributed by atoms with E-state index in [4.69, 9.17) is 4.74 Å². The lowest BCUT2D eigenvalue weighted by Crippen LogP contribution is -2.36. The van der Waals surface area contributed by atoms with Crippen molar-refractivity contribution in [3.8, 4) is 0 Å². The minimum Gasteiger partial charge on any atom is -0.393 e. The van der Waals surface area contributed by atoms with Crippen LogP contribution in [0.1, 0.15) is 24.0 Å². The summed E-state index contributed by atoms with van der Waals surface area (Å²) >= 11 is 3.47. The van der Waals surface area contributed by atoms with E-state index in [9.17, 15) is 5.11 Å². The van der Waals surface area contributed by atoms with Crippen LogP contribution >= 0.6 is 15.9 Å². The van der Waals surface area contributed by atoms with Gasteiger partial charge in [-0.1, -0.05) is 22.0 Å². The summed E-state index contributed by atoms with van der Waals surface area (Å²) in [6.07, 6.45) is 3.03. The molecule has 1 atom stereocenters. The molecule has 0 saturated heterocycles. The Bertz CT molecular complexity index is 359. The number of fused-ring (bicyclic) bond motifs is 1. The minimum absolute atomic E-state index is 0.0537. The zero-order chi connectivity index (χ0) is 10.9. The van der Waals surface area contributed by atoms with E-state index < -0.39 is 5.60 Å². The van der Waals surface area contributed by atoms with Crippen molar-refractivity contribution in [1.82, 2.24) is 0 Å². The molecule has 0 aliphatic heterocycles. The van der Waals surface area contributed by atoms with Crippen LogP contribution < -0.4 is 0 Å². The van der Waals surface area contributed by atoms with Gasteiger partial charge in [-0.3, -0.25) is 0 Å². The van der Waals surface area contributed by atoms with Crippen molar-refractivity contribution in [2.24, 2.45) is 0 Å². The summed E-state index contributed by atoms with van der Waals surface area (Å²) < 4.78 is 6.62. The SMILES string of the molecule is COC1(CO)CCCc2cc(Br)ccc21. The van der Waals surface area contributed by atoms with Gasteiger partial charge in [0.2, 0.25) is 0 Å². The first-order chi connectivity index (χ1) is 7.22. The van der Waals surface area contributed by atoms with E-state index >= 15 is 0 Å². The van der Waals surface area contributed by atoms with Crippen LogP contribution in [0.5, 0.6) is 0 Å². The molecule has 0 radical (unpaired) electrons. The Morgan fingerprint density at radius 1 is 1.53 bits per heavy atom. The highest BCUT2D eigenvalue weighted by Gasteiger charge is 2.35. The van der Waals surface area contributed by atoms with Crippen LogP contribution in [0.4, 0.5) is 0 Å². The minimum atomic E-state index is -0.478. The van der Waals surface area contributed by atoms with Crippen molar-refractivity contribution in [2.75, 3.05) is 13.7 Å². The van der Waals surface area contributed by atoms with Crippen LogP contribution in [0.3, 0.4) is 0 Å². The van der Waals surface area contributed by atoms with E-state index in [2.05, 4.69) is 28.1 Å². The smallest absolute Gasteiger partial charge is 0.116 e. The lowest BCUT2D eigenvalue weighted by molar-refractivity contribution is -0.0688. The van der Waals surface area contributed by atoms with E-state index in [1.807, 2.05) is 6.07 Å². The van der Waals surface area contributed by atoms with Crippen LogP contribution in [0.2, 0.25) is 0 Å². The Labute approximate surface area is 98.4 Å². The van der Waals surface area contributed by atoms with E-state index in [0.29, 0.717) is 0 Å². The highest BCUT2D eigenvalue weighted by atomic mass is 79.9. The quantitative estimate of drug-likeness (QED) is 0.896. The zero-order valence-electron chi connectivity index (χ0n) is 8.79. The Balaban J connectivity index is 2.50. The summed E-state index contributed by atoms with van der Waals surface area (Å²) in [5.74, 6) is 0. The molecule has 0 bridgehead atoms. The van der Waals surface area contributed by atoms with Crippen molar-refractivity contribution < 1.29 is 9.84 Å². The molecule has 82 valence electrons. The van der Waals surface area contributed by atoms with Crippen LogP contribution in [-0.2, 0) is 16.8 Å². The summed E-state index contributed by atoms with van der Waals surface area (Å²) in [5.41, 5.74) is 1.95. The molecule has 1 aliphatic rings. The third-order valence-corrected chi connectivity index (χ3v) is 3.72. The monoisotopic (exact) mass is 270 g/mol. The predicted molar refractivity (Wildman–Crippen MR) is 62.9 cm³/mol. The van der Waals surface area contributed by atoms with Gasteiger partial charge in [0, 0.05) is 11.6 Å². The molecule has 0 heterocycles. The fourth-order valence-corrected chi connectivity index (χ4v) is 2.76. The second kappa shape index (κ2) is 4.24. The fraction of sp³-hybridized carbons (Fsp3) is 0.500. The van der Waals surface area contributed by atoms with E-state index in [1.54, 1.807) is 7.11 Å². The van der Waals surface area contributed by atoms with Crippen molar-refractivity contribution in [3.05, 3.63) is 33.8 Å². The summed E-state index contributed by atoms with van der Waals surface area (Å²) in [6, 6.07) is 6.18. The number of ether oxygens (including phenoxy) is 1. The number of aryl methyl sites for hydroxylation is 1. The molecule has 3 heteroatoms. The molecule has 0 saturated carbocycles. The number of methoxy groups -OCH3 is 1. The molecule has 1 aliphatic carbocycles. The highest BCUT2D eigenvalue weighted by Crippen LogP contribution is 2.38. The second-order valence-corrected chi connectivity index (χ2v) is 4.93. The molecular formula is C12H15BrO2. The molecule has 0 amide bonds. The van der Waals surface area contributed by atoms with Gasteiger partial charge in [0.1, 0.15) is 5.60 Å². The molecule has 2 nitrogen and oxygen atoms in total. The molecule has 1 N–H and O–H groups in total. The number of aliphatic hydroxyl groups is 1. The number of hydrogen-bond acceptors (Lipinski definition) is 2. The first-order valence-electron chi connectivity index (χ1n) is 5.17. The molecule has 1 aromatic carbocycles. The lowest BCUT2D eigenvalue weighted by Gasteiger charge is -2.36. The van der Waals surface area contributed by atoms with Gasteiger partial charge in [0.25, 0.3) is 0 Å². The number of halogens is 1. The fourth-order valence-electron chi connectivity index (χ4n) is 2.35. The van der Waals surface area contributed by atoms with Crippen LogP contribution in [0.15, 0.2) is 22.7 Å². The summed E-state index contributed by atoms with van der Waals surface area (Å²) in [4.78, 5) is 0. The molecule has 1 unspecified atom stereocenters. The summed E-state index contributed by atoms with van der Waals surface area (Å²) in [5, 5.41) is 9.52. The molecule has 2 rings (SSSR count). The average Bonchev–Trinajstić information content (AvgIpc) is 2.27. The summed E-state index contributed by atoms with van der Waals surface area (Å²) in [6.45, 7) is 0.0537. The average molecular weight is 271 g/mol. The van der Waals surface area contributed by atoms with Gasteiger partial charge < -0.3 is 9.84 Å². The predicted octanol–water partition coefficient (Wildman–Crippen LogP) is 2.62. The number of rotatable bonds is 2. The van der Waals surface area contributed by atoms with Gasteiger partial charge in [0.05, 0.1) is 6.61 Å². The molecule has 0 fully saturated rings. The van der Waals surface area contributed by atoms with Crippen molar-refractivity contribution in [2.45, 2.75) is 24.9 Å². The standard InChI is InChI=1S/C12H15BrO2/c1-15-12(8-14)6-2-3-9-7-10(13)4-5-11(9)12/h4-5,7,14H,2-3,6,8H2,1H3. The molecular weight excluding hydrogens is 256 g/mol. The number of aliphatic hydroxyl groups excluding tert-OH is 1. The normalized spacial score (nSPS) is 25.0. The van der Waals surface area contributed by atoms with Crippen molar-refractivity contribution >= 4 is 15.9 Å². The van der Waals surface area contributed by atoms with Gasteiger partial charge in [-0.2, -0.15) is 0 Å². The Morgan fingerprint density at radius 3 is 3.00 bits per heavy atom. The zero-order valence-corrected chi connectivity index (χ0v) is 10.4. The Morgan fingerprint density at radius 2 is 2.33 bits per heavy atom. The second-order valence-electron chi connectivity index (χ2n) is 4.01. The van der Waals surface area contributed by atoms with E-state index in [-0.39, 0.29) is 6.61 Å². The Hall–Kier alpha value is -0.380. The van der Waals surface area contributed by atoms with Crippen LogP contribution in [0.25, 0.3) is 0 Å². The largest absolute Gasteiger partial charge is 0.393 e. The van der Waals surface area contributed by atoms with Gasteiger partial charge in [0.15, 0.2) is 0 Å². The van der Waals surface area contributed by atoms with E-state index in [1.165, 1.54) is 5.56 Å². The van der Waals surface area contributed by atoms with Gasteiger partial charge in [-0.25, -0.2) is 0 Å². The van der Waals surface area contributed by atoms with Crippen LogP contribution in [0, 0.1) is 0 Å². The number of benzene rings is 1. The molecule has 0 aromatic heterocycles. The maximum Gasteiger partial charge on any atom is 0.116 e. The number of hydrogen-bond donors (Lipinski definition) is 1.